The molecule has 7 nitrogen and oxygen atoms in total. The maximum atomic E-state index is 12.8. The van der Waals surface area contributed by atoms with Gasteiger partial charge in [0.05, 0.1) is 0 Å². The number of fused-ring (bicyclic) bond motifs is 3. The number of likely N-dealkylation sites (tertiary alicyclic amines) is 1. The van der Waals surface area contributed by atoms with E-state index in [0.717, 1.165) is 37.7 Å². The minimum absolute atomic E-state index is 0.104. The van der Waals surface area contributed by atoms with Crippen LogP contribution in [0.25, 0.3) is 0 Å². The van der Waals surface area contributed by atoms with Gasteiger partial charge in [0.1, 0.15) is 6.04 Å². The fraction of sp³-hybridized carbons (Fsp3) is 0.550. The Morgan fingerprint density at radius 3 is 2.85 bits per heavy atom. The second kappa shape index (κ2) is 6.42. The van der Waals surface area contributed by atoms with E-state index in [0.29, 0.717) is 24.6 Å². The van der Waals surface area contributed by atoms with Gasteiger partial charge in [-0.3, -0.25) is 24.6 Å². The summed E-state index contributed by atoms with van der Waals surface area (Å²) in [6, 6.07) is 6.13. The summed E-state index contributed by atoms with van der Waals surface area (Å²) in [7, 11) is 0. The molecule has 27 heavy (non-hydrogen) atoms. The Morgan fingerprint density at radius 2 is 2.04 bits per heavy atom. The Hall–Kier alpha value is -2.25. The van der Waals surface area contributed by atoms with Crippen LogP contribution >= 0.6 is 0 Å². The third kappa shape index (κ3) is 2.95. The predicted molar refractivity (Wildman–Crippen MR) is 97.7 cm³/mol. The van der Waals surface area contributed by atoms with Crippen LogP contribution in [0.2, 0.25) is 0 Å². The van der Waals surface area contributed by atoms with Gasteiger partial charge in [-0.1, -0.05) is 12.1 Å². The number of rotatable bonds is 3. The van der Waals surface area contributed by atoms with Crippen molar-refractivity contribution in [2.75, 3.05) is 19.6 Å². The van der Waals surface area contributed by atoms with Gasteiger partial charge >= 0.3 is 0 Å². The van der Waals surface area contributed by atoms with E-state index in [1.807, 2.05) is 12.1 Å². The number of imide groups is 1. The number of carbonyl (C=O) groups is 3. The fourth-order valence-electron chi connectivity index (χ4n) is 5.06. The summed E-state index contributed by atoms with van der Waals surface area (Å²) in [5.74, 6) is 0.0348. The molecule has 3 atom stereocenters. The molecule has 3 saturated heterocycles. The monoisotopic (exact) mass is 368 g/mol. The van der Waals surface area contributed by atoms with Crippen molar-refractivity contribution in [1.29, 1.82) is 0 Å². The van der Waals surface area contributed by atoms with E-state index in [9.17, 15) is 14.4 Å². The number of piperidine rings is 2. The molecule has 5 rings (SSSR count). The van der Waals surface area contributed by atoms with Crippen LogP contribution in [0.1, 0.15) is 40.7 Å². The van der Waals surface area contributed by atoms with Crippen LogP contribution in [-0.4, -0.2) is 59.2 Å². The van der Waals surface area contributed by atoms with Gasteiger partial charge < -0.3 is 10.2 Å². The third-order valence-corrected chi connectivity index (χ3v) is 6.40. The molecular formula is C20H24N4O3. The first kappa shape index (κ1) is 16.9. The Labute approximate surface area is 158 Å². The highest BCUT2D eigenvalue weighted by Gasteiger charge is 2.39. The van der Waals surface area contributed by atoms with Gasteiger partial charge in [0.15, 0.2) is 0 Å². The molecule has 1 aromatic carbocycles. The van der Waals surface area contributed by atoms with Crippen LogP contribution < -0.4 is 10.6 Å². The van der Waals surface area contributed by atoms with E-state index in [1.165, 1.54) is 12.0 Å². The number of carbonyl (C=O) groups excluding carboxylic acids is 3. The molecule has 4 aliphatic rings. The minimum atomic E-state index is -0.546. The molecule has 0 aliphatic carbocycles. The number of amides is 3. The molecule has 2 bridgehead atoms. The quantitative estimate of drug-likeness (QED) is 0.747. The molecule has 4 aliphatic heterocycles. The Balaban J connectivity index is 1.32. The number of nitrogens with zero attached hydrogens (tertiary/aromatic N) is 2. The van der Waals surface area contributed by atoms with Crippen molar-refractivity contribution >= 4 is 17.7 Å². The summed E-state index contributed by atoms with van der Waals surface area (Å²) in [4.78, 5) is 40.5. The third-order valence-electron chi connectivity index (χ3n) is 6.40. The molecule has 3 fully saturated rings. The summed E-state index contributed by atoms with van der Waals surface area (Å²) in [5, 5.41) is 5.85. The summed E-state index contributed by atoms with van der Waals surface area (Å²) < 4.78 is 0. The van der Waals surface area contributed by atoms with Crippen molar-refractivity contribution < 1.29 is 14.4 Å². The Bertz CT molecular complexity index is 823. The van der Waals surface area contributed by atoms with Gasteiger partial charge in [-0.15, -0.1) is 0 Å². The second-order valence-electron chi connectivity index (χ2n) is 8.23. The molecule has 0 saturated carbocycles. The molecule has 4 heterocycles. The van der Waals surface area contributed by atoms with Crippen molar-refractivity contribution in [3.63, 3.8) is 0 Å². The smallest absolute Gasteiger partial charge is 0.255 e. The van der Waals surface area contributed by atoms with E-state index in [4.69, 9.17) is 0 Å². The van der Waals surface area contributed by atoms with E-state index >= 15 is 0 Å². The van der Waals surface area contributed by atoms with Gasteiger partial charge in [0.2, 0.25) is 11.8 Å². The average molecular weight is 368 g/mol. The van der Waals surface area contributed by atoms with E-state index < -0.39 is 6.04 Å². The molecule has 0 radical (unpaired) electrons. The lowest BCUT2D eigenvalue weighted by atomic mass is 10.0. The first-order valence-electron chi connectivity index (χ1n) is 9.80. The van der Waals surface area contributed by atoms with Crippen molar-refractivity contribution in [1.82, 2.24) is 20.4 Å². The van der Waals surface area contributed by atoms with Gasteiger partial charge in [-0.05, 0) is 42.5 Å². The molecule has 3 amide bonds. The normalized spacial score (nSPS) is 30.6. The summed E-state index contributed by atoms with van der Waals surface area (Å²) in [6.07, 6.45) is 1.97. The minimum Gasteiger partial charge on any atom is -0.322 e. The van der Waals surface area contributed by atoms with Crippen molar-refractivity contribution in [2.45, 2.75) is 44.4 Å². The van der Waals surface area contributed by atoms with Gasteiger partial charge in [0.25, 0.3) is 5.91 Å². The Morgan fingerprint density at radius 1 is 1.15 bits per heavy atom. The highest BCUT2D eigenvalue weighted by molar-refractivity contribution is 6.05. The number of nitrogens with one attached hydrogen (secondary N) is 2. The van der Waals surface area contributed by atoms with E-state index in [1.54, 1.807) is 4.90 Å². The highest BCUT2D eigenvalue weighted by atomic mass is 16.2. The molecule has 7 heteroatoms. The molecule has 1 aromatic rings. The van der Waals surface area contributed by atoms with Crippen molar-refractivity contribution in [3.8, 4) is 0 Å². The molecule has 3 unspecified atom stereocenters. The first-order chi connectivity index (χ1) is 13.1. The van der Waals surface area contributed by atoms with Gasteiger partial charge in [0, 0.05) is 44.2 Å². The standard InChI is InChI=1S/C20H24N4O3/c25-18-4-3-17(19(26)22-18)24-11-14-5-12(1-2-16(14)20(24)27)9-23-10-13-6-15(23)8-21-7-13/h1-2,5,13,15,17,21H,3-4,6-11H2,(H,22,25,26). The SMILES string of the molecule is O=C1CCC(N2Cc3cc(CN4CC5CNCC4C5)ccc3C2=O)C(=O)N1. The van der Waals surface area contributed by atoms with Crippen molar-refractivity contribution in [3.05, 3.63) is 34.9 Å². The topological polar surface area (TPSA) is 81.8 Å². The first-order valence-corrected chi connectivity index (χ1v) is 9.80. The number of benzene rings is 1. The van der Waals surface area contributed by atoms with E-state index in [2.05, 4.69) is 21.6 Å². The zero-order valence-corrected chi connectivity index (χ0v) is 15.2. The summed E-state index contributed by atoms with van der Waals surface area (Å²) in [5.41, 5.74) is 2.90. The van der Waals surface area contributed by atoms with Crippen LogP contribution in [0.3, 0.4) is 0 Å². The Kier molecular flexibility index (Phi) is 4.02. The van der Waals surface area contributed by atoms with Crippen LogP contribution in [0, 0.1) is 5.92 Å². The summed E-state index contributed by atoms with van der Waals surface area (Å²) in [6.45, 7) is 4.66. The van der Waals surface area contributed by atoms with Crippen LogP contribution in [0.5, 0.6) is 0 Å². The highest BCUT2D eigenvalue weighted by Crippen LogP contribution is 2.31. The zero-order chi connectivity index (χ0) is 18.5. The maximum absolute atomic E-state index is 12.8. The predicted octanol–water partition coefficient (Wildman–Crippen LogP) is 0.241. The average Bonchev–Trinajstić information content (AvgIpc) is 3.11. The van der Waals surface area contributed by atoms with E-state index in [-0.39, 0.29) is 24.1 Å². The second-order valence-corrected chi connectivity index (χ2v) is 8.23. The van der Waals surface area contributed by atoms with Gasteiger partial charge in [-0.25, -0.2) is 0 Å². The number of hydrogen-bond donors (Lipinski definition) is 2. The van der Waals surface area contributed by atoms with Crippen molar-refractivity contribution in [2.24, 2.45) is 5.92 Å². The van der Waals surface area contributed by atoms with Gasteiger partial charge in [-0.2, -0.15) is 0 Å². The molecular weight excluding hydrogens is 344 g/mol. The largest absolute Gasteiger partial charge is 0.322 e. The molecule has 142 valence electrons. The maximum Gasteiger partial charge on any atom is 0.255 e. The molecule has 0 aromatic heterocycles. The molecule has 2 N–H and O–H groups in total. The van der Waals surface area contributed by atoms with Crippen LogP contribution in [0.15, 0.2) is 18.2 Å². The zero-order valence-electron chi connectivity index (χ0n) is 15.2. The lowest BCUT2D eigenvalue weighted by Gasteiger charge is -2.29. The van der Waals surface area contributed by atoms with Crippen LogP contribution in [0.4, 0.5) is 0 Å². The summed E-state index contributed by atoms with van der Waals surface area (Å²) >= 11 is 0. The lowest BCUT2D eigenvalue weighted by Crippen LogP contribution is -2.52. The van der Waals surface area contributed by atoms with Crippen LogP contribution in [-0.2, 0) is 22.7 Å². The fourth-order valence-corrected chi connectivity index (χ4v) is 5.06. The lowest BCUT2D eigenvalue weighted by molar-refractivity contribution is -0.136. The number of hydrogen-bond acceptors (Lipinski definition) is 5. The molecule has 0 spiro atoms.